The molecule has 0 unspecified atom stereocenters. The van der Waals surface area contributed by atoms with Crippen LogP contribution in [-0.4, -0.2) is 9.97 Å². The van der Waals surface area contributed by atoms with Gasteiger partial charge in [-0.15, -0.1) is 0 Å². The summed E-state index contributed by atoms with van der Waals surface area (Å²) in [5.41, 5.74) is 5.83. The minimum atomic E-state index is -0.401. The average molecular weight is 362 g/mol. The van der Waals surface area contributed by atoms with Crippen molar-refractivity contribution in [2.45, 2.75) is 0 Å². The van der Waals surface area contributed by atoms with Crippen molar-refractivity contribution in [1.29, 1.82) is 0 Å². The molecule has 0 amide bonds. The molecule has 0 aliphatic carbocycles. The van der Waals surface area contributed by atoms with Crippen LogP contribution in [0.15, 0.2) is 33.3 Å². The maximum atomic E-state index is 13.5. The van der Waals surface area contributed by atoms with Crippen LogP contribution in [-0.2, 0) is 0 Å². The first kappa shape index (κ1) is 12.3. The quantitative estimate of drug-likeness (QED) is 0.804. The highest BCUT2D eigenvalue weighted by atomic mass is 79.9. The Hall–Kier alpha value is -1.21. The fourth-order valence-electron chi connectivity index (χ4n) is 1.22. The van der Waals surface area contributed by atoms with Crippen molar-refractivity contribution < 1.29 is 4.39 Å². The molecule has 1 heterocycles. The van der Waals surface area contributed by atoms with Crippen LogP contribution in [0.25, 0.3) is 0 Å². The van der Waals surface area contributed by atoms with Crippen LogP contribution in [0.4, 0.5) is 21.8 Å². The summed E-state index contributed by atoms with van der Waals surface area (Å²) in [6.45, 7) is 0. The summed E-state index contributed by atoms with van der Waals surface area (Å²) in [6.07, 6.45) is 0. The van der Waals surface area contributed by atoms with Gasteiger partial charge in [0.1, 0.15) is 16.2 Å². The number of anilines is 3. The highest BCUT2D eigenvalue weighted by Gasteiger charge is 2.08. The first-order chi connectivity index (χ1) is 8.06. The van der Waals surface area contributed by atoms with E-state index in [1.807, 2.05) is 0 Å². The van der Waals surface area contributed by atoms with Crippen molar-refractivity contribution in [3.05, 3.63) is 39.2 Å². The number of rotatable bonds is 2. The van der Waals surface area contributed by atoms with E-state index in [-0.39, 0.29) is 11.6 Å². The van der Waals surface area contributed by atoms with Gasteiger partial charge >= 0.3 is 0 Å². The van der Waals surface area contributed by atoms with Gasteiger partial charge in [-0.05, 0) is 44.0 Å². The SMILES string of the molecule is Nc1cc(Br)nc(Nc2c(F)cccc2Br)n1. The number of nitrogens with two attached hydrogens (primary N) is 1. The Morgan fingerprint density at radius 2 is 2.00 bits per heavy atom. The molecule has 7 heteroatoms. The third kappa shape index (κ3) is 2.92. The van der Waals surface area contributed by atoms with Crippen molar-refractivity contribution in [2.24, 2.45) is 0 Å². The van der Waals surface area contributed by atoms with Crippen molar-refractivity contribution in [2.75, 3.05) is 11.1 Å². The summed E-state index contributed by atoms with van der Waals surface area (Å²) in [7, 11) is 0. The Balaban J connectivity index is 2.38. The molecule has 0 fully saturated rings. The molecule has 0 spiro atoms. The molecular weight excluding hydrogens is 355 g/mol. The molecule has 1 aromatic heterocycles. The van der Waals surface area contributed by atoms with Gasteiger partial charge in [-0.25, -0.2) is 9.37 Å². The first-order valence-corrected chi connectivity index (χ1v) is 6.16. The van der Waals surface area contributed by atoms with Crippen molar-refractivity contribution in [1.82, 2.24) is 9.97 Å². The molecule has 2 rings (SSSR count). The molecule has 2 aromatic rings. The molecule has 17 heavy (non-hydrogen) atoms. The zero-order valence-corrected chi connectivity index (χ0v) is 11.6. The number of benzene rings is 1. The van der Waals surface area contributed by atoms with Gasteiger partial charge < -0.3 is 11.1 Å². The average Bonchev–Trinajstić information content (AvgIpc) is 2.22. The number of hydrogen-bond donors (Lipinski definition) is 2. The normalized spacial score (nSPS) is 10.3. The number of nitrogens with one attached hydrogen (secondary N) is 1. The molecule has 0 saturated carbocycles. The fourth-order valence-corrected chi connectivity index (χ4v) is 2.06. The summed E-state index contributed by atoms with van der Waals surface area (Å²) in [5, 5.41) is 2.77. The summed E-state index contributed by atoms with van der Waals surface area (Å²) >= 11 is 6.43. The number of para-hydroxylation sites is 1. The van der Waals surface area contributed by atoms with Crippen LogP contribution in [0, 0.1) is 5.82 Å². The highest BCUT2D eigenvalue weighted by Crippen LogP contribution is 2.27. The van der Waals surface area contributed by atoms with Crippen LogP contribution < -0.4 is 11.1 Å². The van der Waals surface area contributed by atoms with Gasteiger partial charge in [-0.2, -0.15) is 4.98 Å². The lowest BCUT2D eigenvalue weighted by atomic mass is 10.3. The first-order valence-electron chi connectivity index (χ1n) is 4.57. The molecule has 0 atom stereocenters. The van der Waals surface area contributed by atoms with E-state index >= 15 is 0 Å². The molecule has 0 aliphatic heterocycles. The van der Waals surface area contributed by atoms with Gasteiger partial charge in [-0.1, -0.05) is 6.07 Å². The predicted molar refractivity (Wildman–Crippen MR) is 71.5 cm³/mol. The number of nitrogen functional groups attached to an aromatic ring is 1. The maximum Gasteiger partial charge on any atom is 0.230 e. The van der Waals surface area contributed by atoms with E-state index < -0.39 is 5.82 Å². The lowest BCUT2D eigenvalue weighted by Crippen LogP contribution is -2.02. The molecule has 0 saturated heterocycles. The molecule has 1 aromatic carbocycles. The van der Waals surface area contributed by atoms with Gasteiger partial charge in [0.15, 0.2) is 0 Å². The Labute approximate surface area is 114 Å². The summed E-state index contributed by atoms with van der Waals surface area (Å²) in [6, 6.07) is 6.21. The molecule has 0 bridgehead atoms. The van der Waals surface area contributed by atoms with Gasteiger partial charge in [0.25, 0.3) is 0 Å². The van der Waals surface area contributed by atoms with E-state index in [0.717, 1.165) is 0 Å². The fraction of sp³-hybridized carbons (Fsp3) is 0. The predicted octanol–water partition coefficient (Wildman–Crippen LogP) is 3.47. The van der Waals surface area contributed by atoms with Crippen LogP contribution in [0.5, 0.6) is 0 Å². The Kier molecular flexibility index (Phi) is 3.58. The molecule has 0 radical (unpaired) electrons. The summed E-state index contributed by atoms with van der Waals surface area (Å²) < 4.78 is 14.7. The van der Waals surface area contributed by atoms with Gasteiger partial charge in [-0.3, -0.25) is 0 Å². The van der Waals surface area contributed by atoms with E-state index in [0.29, 0.717) is 14.9 Å². The van der Waals surface area contributed by atoms with E-state index in [1.165, 1.54) is 6.07 Å². The Morgan fingerprint density at radius 3 is 2.65 bits per heavy atom. The molecule has 3 N–H and O–H groups in total. The molecule has 4 nitrogen and oxygen atoms in total. The zero-order chi connectivity index (χ0) is 12.4. The Morgan fingerprint density at radius 1 is 1.24 bits per heavy atom. The lowest BCUT2D eigenvalue weighted by Gasteiger charge is -2.08. The minimum absolute atomic E-state index is 0.225. The van der Waals surface area contributed by atoms with Crippen LogP contribution in [0.2, 0.25) is 0 Å². The zero-order valence-electron chi connectivity index (χ0n) is 8.42. The van der Waals surface area contributed by atoms with E-state index in [9.17, 15) is 4.39 Å². The lowest BCUT2D eigenvalue weighted by molar-refractivity contribution is 0.631. The highest BCUT2D eigenvalue weighted by molar-refractivity contribution is 9.10. The molecule has 0 aliphatic rings. The standard InChI is InChI=1S/C10H7Br2FN4/c11-5-2-1-3-6(13)9(5)17-10-15-7(12)4-8(14)16-10/h1-4H,(H3,14,15,16,17). The van der Waals surface area contributed by atoms with E-state index in [2.05, 4.69) is 47.1 Å². The minimum Gasteiger partial charge on any atom is -0.383 e. The van der Waals surface area contributed by atoms with Crippen molar-refractivity contribution in [3.8, 4) is 0 Å². The van der Waals surface area contributed by atoms with Gasteiger partial charge in [0.05, 0.1) is 5.69 Å². The van der Waals surface area contributed by atoms with E-state index in [1.54, 1.807) is 18.2 Å². The second-order valence-electron chi connectivity index (χ2n) is 3.16. The Bertz CT molecular complexity index is 521. The number of nitrogens with zero attached hydrogens (tertiary/aromatic N) is 2. The second-order valence-corrected chi connectivity index (χ2v) is 4.83. The number of hydrogen-bond acceptors (Lipinski definition) is 4. The third-order valence-electron chi connectivity index (χ3n) is 1.91. The molecular formula is C10H7Br2FN4. The van der Waals surface area contributed by atoms with Crippen molar-refractivity contribution in [3.63, 3.8) is 0 Å². The number of halogens is 3. The van der Waals surface area contributed by atoms with Crippen LogP contribution >= 0.6 is 31.9 Å². The van der Waals surface area contributed by atoms with Gasteiger partial charge in [0, 0.05) is 10.5 Å². The van der Waals surface area contributed by atoms with Crippen molar-refractivity contribution >= 4 is 49.3 Å². The maximum absolute atomic E-state index is 13.5. The van der Waals surface area contributed by atoms with Crippen LogP contribution in [0.1, 0.15) is 0 Å². The van der Waals surface area contributed by atoms with Gasteiger partial charge in [0.2, 0.25) is 5.95 Å². The smallest absolute Gasteiger partial charge is 0.230 e. The largest absolute Gasteiger partial charge is 0.383 e. The van der Waals surface area contributed by atoms with E-state index in [4.69, 9.17) is 5.73 Å². The summed E-state index contributed by atoms with van der Waals surface area (Å²) in [4.78, 5) is 7.99. The summed E-state index contributed by atoms with van der Waals surface area (Å²) in [5.74, 6) is 0.117. The third-order valence-corrected chi connectivity index (χ3v) is 2.98. The topological polar surface area (TPSA) is 63.8 Å². The van der Waals surface area contributed by atoms with Crippen LogP contribution in [0.3, 0.4) is 0 Å². The molecule has 88 valence electrons. The second kappa shape index (κ2) is 4.97. The monoisotopic (exact) mass is 360 g/mol. The number of aromatic nitrogens is 2.